The predicted octanol–water partition coefficient (Wildman–Crippen LogP) is 7.59. The van der Waals surface area contributed by atoms with Crippen molar-refractivity contribution in [1.82, 2.24) is 4.90 Å². The second-order valence-corrected chi connectivity index (χ2v) is 10.2. The average Bonchev–Trinajstić information content (AvgIpc) is 3.23. The highest BCUT2D eigenvalue weighted by Gasteiger charge is 2.39. The van der Waals surface area contributed by atoms with Gasteiger partial charge < -0.3 is 9.47 Å². The first-order valence-corrected chi connectivity index (χ1v) is 13.0. The van der Waals surface area contributed by atoms with Crippen LogP contribution < -0.4 is 4.74 Å². The predicted molar refractivity (Wildman–Crippen MR) is 139 cm³/mol. The Morgan fingerprint density at radius 2 is 1.55 bits per heavy atom. The number of carbonyl (C=O) groups is 1. The van der Waals surface area contributed by atoms with Gasteiger partial charge in [-0.3, -0.25) is 4.90 Å². The fraction of sp³-hybridized carbons (Fsp3) is 0.323. The number of fused-ring (bicyclic) bond motifs is 5. The zero-order valence-corrected chi connectivity index (χ0v) is 20.8. The van der Waals surface area contributed by atoms with E-state index in [1.807, 2.05) is 29.2 Å². The number of amides is 1. The second kappa shape index (κ2) is 9.86. The Bertz CT molecular complexity index is 1320. The van der Waals surface area contributed by atoms with Gasteiger partial charge in [-0.2, -0.15) is 13.2 Å². The van der Waals surface area contributed by atoms with Crippen molar-refractivity contribution in [3.8, 4) is 16.9 Å². The van der Waals surface area contributed by atoms with E-state index in [9.17, 15) is 18.0 Å². The summed E-state index contributed by atoms with van der Waals surface area (Å²) < 4.78 is 48.1. The van der Waals surface area contributed by atoms with E-state index in [0.29, 0.717) is 13.0 Å². The largest absolute Gasteiger partial charge is 0.484 e. The number of ether oxygens (including phenoxy) is 2. The van der Waals surface area contributed by atoms with Gasteiger partial charge in [-0.15, -0.1) is 0 Å². The highest BCUT2D eigenvalue weighted by atomic mass is 19.4. The van der Waals surface area contributed by atoms with Crippen LogP contribution in [-0.2, 0) is 4.74 Å². The molecule has 2 atom stereocenters. The normalized spacial score (nSPS) is 20.4. The number of hydrogen-bond acceptors (Lipinski definition) is 3. The molecule has 196 valence electrons. The number of carbonyl (C=O) groups excluding carboxylic acids is 1. The second-order valence-electron chi connectivity index (χ2n) is 10.2. The Labute approximate surface area is 219 Å². The Balaban J connectivity index is 1.15. The van der Waals surface area contributed by atoms with E-state index in [-0.39, 0.29) is 29.8 Å². The monoisotopic (exact) mass is 519 g/mol. The molecule has 1 fully saturated rings. The first kappa shape index (κ1) is 24.6. The average molecular weight is 520 g/mol. The number of alkyl halides is 3. The van der Waals surface area contributed by atoms with Gasteiger partial charge in [0.25, 0.3) is 0 Å². The van der Waals surface area contributed by atoms with Crippen molar-refractivity contribution >= 4 is 11.7 Å². The number of benzene rings is 3. The Morgan fingerprint density at radius 1 is 0.895 bits per heavy atom. The lowest BCUT2D eigenvalue weighted by Gasteiger charge is -2.44. The van der Waals surface area contributed by atoms with Crippen LogP contribution in [0.1, 0.15) is 48.3 Å². The standard InChI is InChI=1S/C31H28F3NO3/c32-31(33,34)19-38-24-14-12-20(13-15-24)21-16-22-6-5-7-23(17-21)35(22)30(36)37-18-29-27-10-3-1-8-25(27)26-9-2-4-11-28(26)29/h1-4,8-16,22-23,29H,5-7,17-19H2. The molecular weight excluding hydrogens is 491 g/mol. The molecule has 3 aromatic rings. The molecule has 0 N–H and O–H groups in total. The number of piperidine rings is 1. The van der Waals surface area contributed by atoms with E-state index >= 15 is 0 Å². The molecule has 4 nitrogen and oxygen atoms in total. The number of nitrogens with zero attached hydrogens (tertiary/aromatic N) is 1. The fourth-order valence-electron chi connectivity index (χ4n) is 6.13. The molecular formula is C31H28F3NO3. The van der Waals surface area contributed by atoms with Crippen LogP contribution in [0.15, 0.2) is 78.9 Å². The number of hydrogen-bond donors (Lipinski definition) is 0. The van der Waals surface area contributed by atoms with Gasteiger partial charge in [0.15, 0.2) is 6.61 Å². The van der Waals surface area contributed by atoms with Crippen LogP contribution in [0.4, 0.5) is 18.0 Å². The molecule has 0 radical (unpaired) electrons. The SMILES string of the molecule is O=C(OCC1c2ccccc2-c2ccccc21)N1C2C=C(c3ccc(OCC(F)(F)F)cc3)CC1CCC2. The quantitative estimate of drug-likeness (QED) is 0.349. The summed E-state index contributed by atoms with van der Waals surface area (Å²) in [6.45, 7) is -1.02. The van der Waals surface area contributed by atoms with E-state index in [0.717, 1.165) is 30.4 Å². The lowest BCUT2D eigenvalue weighted by molar-refractivity contribution is -0.153. The fourth-order valence-corrected chi connectivity index (χ4v) is 6.13. The van der Waals surface area contributed by atoms with Crippen molar-refractivity contribution in [1.29, 1.82) is 0 Å². The maximum atomic E-state index is 13.4. The van der Waals surface area contributed by atoms with Crippen molar-refractivity contribution in [3.05, 3.63) is 95.6 Å². The first-order chi connectivity index (χ1) is 18.4. The highest BCUT2D eigenvalue weighted by Crippen LogP contribution is 2.45. The van der Waals surface area contributed by atoms with Gasteiger partial charge in [-0.05, 0) is 71.2 Å². The Hall–Kier alpha value is -3.74. The zero-order chi connectivity index (χ0) is 26.3. The minimum absolute atomic E-state index is 0.0140. The highest BCUT2D eigenvalue weighted by molar-refractivity contribution is 5.79. The number of halogens is 3. The maximum Gasteiger partial charge on any atom is 0.422 e. The molecule has 2 aliphatic heterocycles. The van der Waals surface area contributed by atoms with E-state index in [4.69, 9.17) is 9.47 Å². The number of rotatable bonds is 5. The van der Waals surface area contributed by atoms with Crippen LogP contribution in [0.2, 0.25) is 0 Å². The summed E-state index contributed by atoms with van der Waals surface area (Å²) in [5.41, 5.74) is 6.80. The van der Waals surface area contributed by atoms with Crippen LogP contribution in [0.25, 0.3) is 16.7 Å². The molecule has 1 saturated heterocycles. The van der Waals surface area contributed by atoms with E-state index in [1.165, 1.54) is 22.3 Å². The summed E-state index contributed by atoms with van der Waals surface area (Å²) in [7, 11) is 0. The summed E-state index contributed by atoms with van der Waals surface area (Å²) in [4.78, 5) is 15.3. The minimum atomic E-state index is -4.37. The van der Waals surface area contributed by atoms with Crippen LogP contribution in [0.5, 0.6) is 5.75 Å². The van der Waals surface area contributed by atoms with E-state index in [2.05, 4.69) is 30.3 Å². The lowest BCUT2D eigenvalue weighted by atomic mass is 9.83. The van der Waals surface area contributed by atoms with Crippen molar-refractivity contribution < 1.29 is 27.4 Å². The Kier molecular flexibility index (Phi) is 6.38. The minimum Gasteiger partial charge on any atom is -0.484 e. The van der Waals surface area contributed by atoms with Crippen molar-refractivity contribution in [3.63, 3.8) is 0 Å². The van der Waals surface area contributed by atoms with Crippen LogP contribution in [0.3, 0.4) is 0 Å². The third-order valence-electron chi connectivity index (χ3n) is 7.81. The van der Waals surface area contributed by atoms with Crippen LogP contribution in [-0.4, -0.2) is 42.5 Å². The van der Waals surface area contributed by atoms with Gasteiger partial charge in [0, 0.05) is 12.0 Å². The third-order valence-corrected chi connectivity index (χ3v) is 7.81. The molecule has 2 unspecified atom stereocenters. The van der Waals surface area contributed by atoms with Crippen molar-refractivity contribution in [2.75, 3.05) is 13.2 Å². The molecule has 3 aromatic carbocycles. The zero-order valence-electron chi connectivity index (χ0n) is 20.8. The molecule has 7 heteroatoms. The van der Waals surface area contributed by atoms with Gasteiger partial charge in [-0.25, -0.2) is 4.79 Å². The topological polar surface area (TPSA) is 38.8 Å². The molecule has 0 saturated carbocycles. The van der Waals surface area contributed by atoms with Gasteiger partial charge in [-0.1, -0.05) is 66.7 Å². The molecule has 3 aliphatic rings. The first-order valence-electron chi connectivity index (χ1n) is 13.0. The van der Waals surface area contributed by atoms with Gasteiger partial charge in [0.05, 0.1) is 6.04 Å². The van der Waals surface area contributed by atoms with Crippen LogP contribution in [0, 0.1) is 0 Å². The third kappa shape index (κ3) is 4.77. The summed E-state index contributed by atoms with van der Waals surface area (Å²) >= 11 is 0. The lowest BCUT2D eigenvalue weighted by Crippen LogP contribution is -2.51. The molecule has 0 spiro atoms. The summed E-state index contributed by atoms with van der Waals surface area (Å²) in [5, 5.41) is 0. The molecule has 0 aromatic heterocycles. The van der Waals surface area contributed by atoms with E-state index < -0.39 is 12.8 Å². The molecule has 2 heterocycles. The summed E-state index contributed by atoms with van der Waals surface area (Å²) in [5.74, 6) is 0.197. The van der Waals surface area contributed by atoms with E-state index in [1.54, 1.807) is 24.3 Å². The van der Waals surface area contributed by atoms with Gasteiger partial charge in [0.1, 0.15) is 12.4 Å². The van der Waals surface area contributed by atoms with Crippen LogP contribution >= 0.6 is 0 Å². The summed E-state index contributed by atoms with van der Waals surface area (Å²) in [6.07, 6.45) is 0.933. The summed E-state index contributed by atoms with van der Waals surface area (Å²) in [6, 6.07) is 23.2. The van der Waals surface area contributed by atoms with Crippen molar-refractivity contribution in [2.45, 2.75) is 49.9 Å². The molecule has 6 rings (SSSR count). The molecule has 1 aliphatic carbocycles. The van der Waals surface area contributed by atoms with Gasteiger partial charge >= 0.3 is 12.3 Å². The Morgan fingerprint density at radius 3 is 2.18 bits per heavy atom. The molecule has 38 heavy (non-hydrogen) atoms. The maximum absolute atomic E-state index is 13.4. The molecule has 1 amide bonds. The van der Waals surface area contributed by atoms with Crippen molar-refractivity contribution in [2.24, 2.45) is 0 Å². The van der Waals surface area contributed by atoms with Gasteiger partial charge in [0.2, 0.25) is 0 Å². The smallest absolute Gasteiger partial charge is 0.422 e. The molecule has 2 bridgehead atoms.